The van der Waals surface area contributed by atoms with Gasteiger partial charge in [0.25, 0.3) is 0 Å². The van der Waals surface area contributed by atoms with Gasteiger partial charge < -0.3 is 15.4 Å². The zero-order valence-electron chi connectivity index (χ0n) is 8.95. The predicted molar refractivity (Wildman–Crippen MR) is 52.5 cm³/mol. The topological polar surface area (TPSA) is 72.6 Å². The highest BCUT2D eigenvalue weighted by Gasteiger charge is 2.12. The average molecular weight is 202 g/mol. The molecule has 14 heavy (non-hydrogen) atoms. The van der Waals surface area contributed by atoms with E-state index in [0.717, 1.165) is 0 Å². The summed E-state index contributed by atoms with van der Waals surface area (Å²) < 4.78 is 4.50. The summed E-state index contributed by atoms with van der Waals surface area (Å²) in [4.78, 5) is 23.4. The molecule has 0 saturated heterocycles. The highest BCUT2D eigenvalue weighted by molar-refractivity contribution is 5.76. The van der Waals surface area contributed by atoms with Crippen LogP contribution in [0.5, 0.6) is 0 Å². The maximum Gasteiger partial charge on any atom is 0.306 e. The number of primary amides is 1. The molecule has 0 heterocycles. The number of hydrogen-bond donors (Lipinski definition) is 1. The molecule has 0 aromatic carbocycles. The Balaban J connectivity index is 3.70. The molecule has 0 fully saturated rings. The number of esters is 1. The lowest BCUT2D eigenvalue weighted by Crippen LogP contribution is -2.33. The number of hydrogen-bond acceptors (Lipinski definition) is 4. The van der Waals surface area contributed by atoms with Gasteiger partial charge in [0.05, 0.1) is 13.5 Å². The van der Waals surface area contributed by atoms with Crippen LogP contribution in [0.15, 0.2) is 0 Å². The summed E-state index contributed by atoms with van der Waals surface area (Å²) in [6.45, 7) is 2.90. The minimum atomic E-state index is -0.324. The molecule has 1 amide bonds. The zero-order chi connectivity index (χ0) is 11.1. The number of ether oxygens (including phenoxy) is 1. The van der Waals surface area contributed by atoms with Crippen LogP contribution in [0.4, 0.5) is 0 Å². The molecule has 0 rings (SSSR count). The number of carbonyl (C=O) groups is 2. The van der Waals surface area contributed by atoms with Crippen LogP contribution in [-0.4, -0.2) is 44.0 Å². The average Bonchev–Trinajstić information content (AvgIpc) is 2.13. The van der Waals surface area contributed by atoms with Crippen LogP contribution in [0.25, 0.3) is 0 Å². The van der Waals surface area contributed by atoms with Crippen LogP contribution in [0, 0.1) is 5.92 Å². The second kappa shape index (κ2) is 6.37. The van der Waals surface area contributed by atoms with Crippen LogP contribution < -0.4 is 5.73 Å². The van der Waals surface area contributed by atoms with Crippen molar-refractivity contribution < 1.29 is 14.3 Å². The van der Waals surface area contributed by atoms with Gasteiger partial charge in [-0.1, -0.05) is 6.92 Å². The fraction of sp³-hybridized carbons (Fsp3) is 0.778. The van der Waals surface area contributed by atoms with Crippen LogP contribution in [0.1, 0.15) is 13.3 Å². The predicted octanol–water partition coefficient (Wildman–Crippen LogP) is -0.397. The standard InChI is InChI=1S/C9H18N2O3/c1-7(9(10)13)6-11(2)5-4-8(12)14-3/h7H,4-6H2,1-3H3,(H2,10,13). The smallest absolute Gasteiger partial charge is 0.306 e. The van der Waals surface area contributed by atoms with E-state index in [-0.39, 0.29) is 17.8 Å². The Hall–Kier alpha value is -1.10. The molecular formula is C9H18N2O3. The molecule has 82 valence electrons. The van der Waals surface area contributed by atoms with E-state index in [4.69, 9.17) is 5.73 Å². The van der Waals surface area contributed by atoms with Crippen LogP contribution in [0.2, 0.25) is 0 Å². The number of carbonyl (C=O) groups excluding carboxylic acids is 2. The molecule has 0 saturated carbocycles. The SMILES string of the molecule is COC(=O)CCN(C)CC(C)C(N)=O. The van der Waals surface area contributed by atoms with Gasteiger partial charge in [-0.05, 0) is 7.05 Å². The summed E-state index contributed by atoms with van der Waals surface area (Å²) in [5, 5.41) is 0. The molecule has 5 heteroatoms. The molecule has 0 spiro atoms. The van der Waals surface area contributed by atoms with Crippen molar-refractivity contribution in [2.45, 2.75) is 13.3 Å². The molecule has 5 nitrogen and oxygen atoms in total. The third kappa shape index (κ3) is 5.53. The first-order chi connectivity index (χ1) is 6.47. The number of amides is 1. The van der Waals surface area contributed by atoms with Crippen molar-refractivity contribution in [2.24, 2.45) is 11.7 Å². The Morgan fingerprint density at radius 3 is 2.50 bits per heavy atom. The van der Waals surface area contributed by atoms with E-state index in [1.54, 1.807) is 6.92 Å². The van der Waals surface area contributed by atoms with E-state index in [2.05, 4.69) is 4.74 Å². The fourth-order valence-electron chi connectivity index (χ4n) is 1.03. The van der Waals surface area contributed by atoms with E-state index in [0.29, 0.717) is 19.5 Å². The maximum atomic E-state index is 10.8. The first-order valence-corrected chi connectivity index (χ1v) is 4.52. The second-order valence-corrected chi connectivity index (χ2v) is 3.39. The van der Waals surface area contributed by atoms with Crippen LogP contribution in [-0.2, 0) is 14.3 Å². The van der Waals surface area contributed by atoms with Crippen LogP contribution in [0.3, 0.4) is 0 Å². The van der Waals surface area contributed by atoms with Crippen molar-refractivity contribution in [2.75, 3.05) is 27.2 Å². The molecular weight excluding hydrogens is 184 g/mol. The lowest BCUT2D eigenvalue weighted by Gasteiger charge is -2.18. The van der Waals surface area contributed by atoms with Crippen molar-refractivity contribution in [3.8, 4) is 0 Å². The number of methoxy groups -OCH3 is 1. The van der Waals surface area contributed by atoms with E-state index in [1.807, 2.05) is 11.9 Å². The summed E-state index contributed by atoms with van der Waals surface area (Å²) in [5.41, 5.74) is 5.11. The maximum absolute atomic E-state index is 10.8. The Bertz CT molecular complexity index is 206. The van der Waals surface area contributed by atoms with Crippen LogP contribution >= 0.6 is 0 Å². The molecule has 0 aliphatic heterocycles. The summed E-state index contributed by atoms with van der Waals surface area (Å²) in [6, 6.07) is 0. The molecule has 1 atom stereocenters. The summed E-state index contributed by atoms with van der Waals surface area (Å²) in [7, 11) is 3.19. The quantitative estimate of drug-likeness (QED) is 0.595. The first kappa shape index (κ1) is 12.9. The van der Waals surface area contributed by atoms with E-state index >= 15 is 0 Å². The van der Waals surface area contributed by atoms with Gasteiger partial charge in [-0.25, -0.2) is 0 Å². The highest BCUT2D eigenvalue weighted by atomic mass is 16.5. The normalized spacial score (nSPS) is 12.6. The summed E-state index contributed by atoms with van der Waals surface area (Å²) in [6.07, 6.45) is 0.332. The molecule has 0 aliphatic carbocycles. The van der Waals surface area contributed by atoms with Gasteiger partial charge in [0.1, 0.15) is 0 Å². The molecule has 0 aromatic rings. The monoisotopic (exact) mass is 202 g/mol. The molecule has 0 aliphatic rings. The molecule has 2 N–H and O–H groups in total. The molecule has 0 aromatic heterocycles. The second-order valence-electron chi connectivity index (χ2n) is 3.39. The highest BCUT2D eigenvalue weighted by Crippen LogP contribution is 1.98. The Morgan fingerprint density at radius 2 is 2.07 bits per heavy atom. The third-order valence-electron chi connectivity index (χ3n) is 2.00. The van der Waals surface area contributed by atoms with Gasteiger partial charge in [0.2, 0.25) is 5.91 Å². The Labute approximate surface area is 84.2 Å². The van der Waals surface area contributed by atoms with E-state index in [9.17, 15) is 9.59 Å². The lowest BCUT2D eigenvalue weighted by molar-refractivity contribution is -0.140. The lowest BCUT2D eigenvalue weighted by atomic mass is 10.1. The number of rotatable bonds is 6. The fourth-order valence-corrected chi connectivity index (χ4v) is 1.03. The van der Waals surface area contributed by atoms with E-state index < -0.39 is 0 Å². The van der Waals surface area contributed by atoms with Gasteiger partial charge in [0.15, 0.2) is 0 Å². The minimum absolute atomic E-state index is 0.197. The van der Waals surface area contributed by atoms with Gasteiger partial charge >= 0.3 is 5.97 Å². The summed E-state index contributed by atoms with van der Waals surface area (Å²) >= 11 is 0. The van der Waals surface area contributed by atoms with E-state index in [1.165, 1.54) is 7.11 Å². The minimum Gasteiger partial charge on any atom is -0.469 e. The molecule has 1 unspecified atom stereocenters. The van der Waals surface area contributed by atoms with Gasteiger partial charge in [-0.3, -0.25) is 9.59 Å². The number of nitrogens with two attached hydrogens (primary N) is 1. The first-order valence-electron chi connectivity index (χ1n) is 4.52. The number of nitrogens with zero attached hydrogens (tertiary/aromatic N) is 1. The van der Waals surface area contributed by atoms with Crippen molar-refractivity contribution in [1.82, 2.24) is 4.90 Å². The Morgan fingerprint density at radius 1 is 1.50 bits per heavy atom. The molecule has 0 bridgehead atoms. The largest absolute Gasteiger partial charge is 0.469 e. The summed E-state index contributed by atoms with van der Waals surface area (Å²) in [5.74, 6) is -0.767. The van der Waals surface area contributed by atoms with Gasteiger partial charge in [0, 0.05) is 19.0 Å². The van der Waals surface area contributed by atoms with Gasteiger partial charge in [-0.15, -0.1) is 0 Å². The van der Waals surface area contributed by atoms with Crippen molar-refractivity contribution >= 4 is 11.9 Å². The van der Waals surface area contributed by atoms with Crippen molar-refractivity contribution in [1.29, 1.82) is 0 Å². The Kier molecular flexibility index (Phi) is 5.87. The van der Waals surface area contributed by atoms with Crippen molar-refractivity contribution in [3.63, 3.8) is 0 Å². The van der Waals surface area contributed by atoms with Gasteiger partial charge in [-0.2, -0.15) is 0 Å². The third-order valence-corrected chi connectivity index (χ3v) is 2.00. The molecule has 0 radical (unpaired) electrons. The zero-order valence-corrected chi connectivity index (χ0v) is 8.95. The van der Waals surface area contributed by atoms with Crippen molar-refractivity contribution in [3.05, 3.63) is 0 Å².